The van der Waals surface area contributed by atoms with Crippen molar-refractivity contribution in [3.05, 3.63) is 10.4 Å². The fourth-order valence-corrected chi connectivity index (χ4v) is 0.862. The van der Waals surface area contributed by atoms with E-state index in [-0.39, 0.29) is 0 Å². The van der Waals surface area contributed by atoms with Gasteiger partial charge in [-0.25, -0.2) is 4.79 Å². The lowest BCUT2D eigenvalue weighted by Crippen LogP contribution is -2.65. The highest BCUT2D eigenvalue weighted by Gasteiger charge is 2.44. The van der Waals surface area contributed by atoms with E-state index in [0.717, 1.165) is 0 Å². The van der Waals surface area contributed by atoms with Gasteiger partial charge in [-0.3, -0.25) is 4.79 Å². The molecule has 1 fully saturated rings. The van der Waals surface area contributed by atoms with Crippen LogP contribution >= 0.6 is 0 Å². The third kappa shape index (κ3) is 1.17. The molecule has 7 nitrogen and oxygen atoms in total. The second-order valence-electron chi connectivity index (χ2n) is 2.16. The van der Waals surface area contributed by atoms with E-state index >= 15 is 0 Å². The summed E-state index contributed by atoms with van der Waals surface area (Å²) in [4.78, 5) is 23.9. The van der Waals surface area contributed by atoms with Crippen molar-refractivity contribution in [2.24, 2.45) is 5.11 Å². The molecule has 0 radical (unpaired) electrons. The Labute approximate surface area is 67.3 Å². The molecule has 2 unspecified atom stereocenters. The lowest BCUT2D eigenvalue weighted by molar-refractivity contribution is -0.152. The number of azide groups is 1. The van der Waals surface area contributed by atoms with Crippen molar-refractivity contribution in [2.75, 3.05) is 7.11 Å². The zero-order valence-corrected chi connectivity index (χ0v) is 6.22. The Morgan fingerprint density at radius 3 is 2.92 bits per heavy atom. The van der Waals surface area contributed by atoms with Gasteiger partial charge in [-0.2, -0.15) is 0 Å². The van der Waals surface area contributed by atoms with E-state index in [1.54, 1.807) is 0 Å². The molecule has 0 aromatic heterocycles. The van der Waals surface area contributed by atoms with Crippen molar-refractivity contribution in [2.45, 2.75) is 12.1 Å². The van der Waals surface area contributed by atoms with E-state index in [1.807, 2.05) is 0 Å². The maximum atomic E-state index is 10.8. The highest BCUT2D eigenvalue weighted by molar-refractivity contribution is 5.99. The minimum atomic E-state index is -0.956. The molecular formula is C5H6N4O3. The molecule has 1 amide bonds. The standard InChI is InChI=1S/C5H6N4O3/c1-12-5(11)3-2(8-9-6)4(10)7-3/h2-3H,1H3,(H,7,10). The molecular weight excluding hydrogens is 164 g/mol. The van der Waals surface area contributed by atoms with Crippen LogP contribution in [0, 0.1) is 0 Å². The van der Waals surface area contributed by atoms with Crippen LogP contribution in [0.2, 0.25) is 0 Å². The first-order chi connectivity index (χ1) is 5.70. The molecule has 0 aliphatic carbocycles. The largest absolute Gasteiger partial charge is 0.467 e. The number of carbonyl (C=O) groups excluding carboxylic acids is 2. The lowest BCUT2D eigenvalue weighted by atomic mass is 10.0. The van der Waals surface area contributed by atoms with Crippen LogP contribution in [0.4, 0.5) is 0 Å². The molecule has 7 heteroatoms. The van der Waals surface area contributed by atoms with Crippen LogP contribution in [0.25, 0.3) is 10.4 Å². The monoisotopic (exact) mass is 170 g/mol. The first-order valence-electron chi connectivity index (χ1n) is 3.13. The van der Waals surface area contributed by atoms with Crippen molar-refractivity contribution < 1.29 is 14.3 Å². The number of rotatable bonds is 2. The van der Waals surface area contributed by atoms with Gasteiger partial charge in [0.25, 0.3) is 0 Å². The van der Waals surface area contributed by atoms with Gasteiger partial charge in [0.2, 0.25) is 5.91 Å². The second-order valence-corrected chi connectivity index (χ2v) is 2.16. The molecule has 2 atom stereocenters. The molecule has 0 bridgehead atoms. The van der Waals surface area contributed by atoms with E-state index < -0.39 is 24.0 Å². The number of carbonyl (C=O) groups is 2. The first-order valence-corrected chi connectivity index (χ1v) is 3.13. The van der Waals surface area contributed by atoms with Crippen LogP contribution in [0.5, 0.6) is 0 Å². The summed E-state index contributed by atoms with van der Waals surface area (Å²) in [6, 6.07) is -1.78. The predicted molar refractivity (Wildman–Crippen MR) is 36.9 cm³/mol. The van der Waals surface area contributed by atoms with Crippen LogP contribution < -0.4 is 5.32 Å². The fourth-order valence-electron chi connectivity index (χ4n) is 0.862. The molecule has 1 aliphatic heterocycles. The lowest BCUT2D eigenvalue weighted by Gasteiger charge is -2.30. The number of β-lactam (4-membered cyclic amide) rings is 1. The van der Waals surface area contributed by atoms with Crippen molar-refractivity contribution in [3.8, 4) is 0 Å². The fraction of sp³-hybridized carbons (Fsp3) is 0.600. The summed E-state index contributed by atoms with van der Waals surface area (Å²) in [5.41, 5.74) is 8.02. The number of methoxy groups -OCH3 is 1. The minimum Gasteiger partial charge on any atom is -0.467 e. The van der Waals surface area contributed by atoms with Crippen LogP contribution in [0.3, 0.4) is 0 Å². The van der Waals surface area contributed by atoms with Crippen molar-refractivity contribution in [1.82, 2.24) is 5.32 Å². The van der Waals surface area contributed by atoms with Gasteiger partial charge < -0.3 is 10.1 Å². The van der Waals surface area contributed by atoms with Gasteiger partial charge in [0.05, 0.1) is 7.11 Å². The molecule has 1 heterocycles. The average molecular weight is 170 g/mol. The Balaban J connectivity index is 2.65. The first kappa shape index (κ1) is 8.35. The number of hydrogen-bond donors (Lipinski definition) is 1. The summed E-state index contributed by atoms with van der Waals surface area (Å²) in [5.74, 6) is -1.06. The third-order valence-electron chi connectivity index (χ3n) is 1.51. The van der Waals surface area contributed by atoms with E-state index in [0.29, 0.717) is 0 Å². The van der Waals surface area contributed by atoms with Gasteiger partial charge in [0.15, 0.2) is 0 Å². The Morgan fingerprint density at radius 1 is 1.83 bits per heavy atom. The third-order valence-corrected chi connectivity index (χ3v) is 1.51. The molecule has 1 N–H and O–H groups in total. The molecule has 0 spiro atoms. The number of hydrogen-bond acceptors (Lipinski definition) is 4. The quantitative estimate of drug-likeness (QED) is 0.195. The Kier molecular flexibility index (Phi) is 2.16. The molecule has 0 saturated carbocycles. The highest BCUT2D eigenvalue weighted by Crippen LogP contribution is 2.11. The van der Waals surface area contributed by atoms with E-state index in [4.69, 9.17) is 5.53 Å². The van der Waals surface area contributed by atoms with Crippen LogP contribution in [0.1, 0.15) is 0 Å². The Bertz CT molecular complexity index is 268. The van der Waals surface area contributed by atoms with Gasteiger partial charge in [-0.05, 0) is 5.53 Å². The zero-order chi connectivity index (χ0) is 9.14. The highest BCUT2D eigenvalue weighted by atomic mass is 16.5. The SMILES string of the molecule is COC(=O)C1NC(=O)C1N=[N+]=[N-]. The van der Waals surface area contributed by atoms with Crippen molar-refractivity contribution >= 4 is 11.9 Å². The topological polar surface area (TPSA) is 104 Å². The average Bonchev–Trinajstić information content (AvgIpc) is 2.09. The zero-order valence-electron chi connectivity index (χ0n) is 6.22. The molecule has 1 saturated heterocycles. The molecule has 12 heavy (non-hydrogen) atoms. The van der Waals surface area contributed by atoms with Gasteiger partial charge in [0, 0.05) is 4.91 Å². The van der Waals surface area contributed by atoms with Gasteiger partial charge >= 0.3 is 5.97 Å². The molecule has 0 aromatic rings. The van der Waals surface area contributed by atoms with Gasteiger partial charge in [-0.15, -0.1) is 0 Å². The summed E-state index contributed by atoms with van der Waals surface area (Å²) in [7, 11) is 1.19. The van der Waals surface area contributed by atoms with Crippen LogP contribution in [0.15, 0.2) is 5.11 Å². The summed E-state index contributed by atoms with van der Waals surface area (Å²) < 4.78 is 4.34. The summed E-state index contributed by atoms with van der Waals surface area (Å²) in [5, 5.41) is 5.38. The molecule has 1 rings (SSSR count). The summed E-state index contributed by atoms with van der Waals surface area (Å²) in [6.07, 6.45) is 0. The maximum absolute atomic E-state index is 10.8. The molecule has 0 aromatic carbocycles. The normalized spacial score (nSPS) is 26.2. The Morgan fingerprint density at radius 2 is 2.50 bits per heavy atom. The smallest absolute Gasteiger partial charge is 0.329 e. The number of nitrogens with zero attached hydrogens (tertiary/aromatic N) is 3. The number of esters is 1. The van der Waals surface area contributed by atoms with Gasteiger partial charge in [-0.1, -0.05) is 5.11 Å². The Hall–Kier alpha value is -1.75. The predicted octanol–water partition coefficient (Wildman–Crippen LogP) is -0.663. The van der Waals surface area contributed by atoms with E-state index in [1.165, 1.54) is 7.11 Å². The summed E-state index contributed by atoms with van der Waals surface area (Å²) >= 11 is 0. The number of amides is 1. The van der Waals surface area contributed by atoms with Gasteiger partial charge in [0.1, 0.15) is 12.1 Å². The van der Waals surface area contributed by atoms with E-state index in [2.05, 4.69) is 20.1 Å². The summed E-state index contributed by atoms with van der Waals surface area (Å²) in [6.45, 7) is 0. The number of ether oxygens (including phenoxy) is 1. The van der Waals surface area contributed by atoms with E-state index in [9.17, 15) is 9.59 Å². The molecule has 64 valence electrons. The number of nitrogens with one attached hydrogen (secondary N) is 1. The van der Waals surface area contributed by atoms with Crippen LogP contribution in [-0.2, 0) is 14.3 Å². The molecule has 1 aliphatic rings. The maximum Gasteiger partial charge on any atom is 0.329 e. The minimum absolute atomic E-state index is 0.455. The van der Waals surface area contributed by atoms with Crippen molar-refractivity contribution in [3.63, 3.8) is 0 Å². The second kappa shape index (κ2) is 3.10. The van der Waals surface area contributed by atoms with Crippen molar-refractivity contribution in [1.29, 1.82) is 0 Å². The van der Waals surface area contributed by atoms with Crippen LogP contribution in [-0.4, -0.2) is 31.1 Å².